The molecule has 3 amide bonds. The van der Waals surface area contributed by atoms with Crippen LogP contribution >= 0.6 is 11.8 Å². The minimum atomic E-state index is -0.427. The number of nitrogens with zero attached hydrogens (tertiary/aromatic N) is 1. The number of fused-ring (bicyclic) bond motifs is 1. The normalized spacial score (nSPS) is 13.1. The van der Waals surface area contributed by atoms with Crippen molar-refractivity contribution in [2.24, 2.45) is 0 Å². The van der Waals surface area contributed by atoms with E-state index in [9.17, 15) is 14.0 Å². The fraction of sp³-hybridized carbons (Fsp3) is 0.364. The topological polar surface area (TPSA) is 73.5 Å². The second-order valence-electron chi connectivity index (χ2n) is 7.09. The van der Waals surface area contributed by atoms with E-state index in [1.807, 2.05) is 12.1 Å². The van der Waals surface area contributed by atoms with Crippen LogP contribution in [0.2, 0.25) is 0 Å². The van der Waals surface area contributed by atoms with E-state index in [2.05, 4.69) is 34.7 Å². The summed E-state index contributed by atoms with van der Waals surface area (Å²) in [5.41, 5.74) is 2.75. The van der Waals surface area contributed by atoms with Crippen molar-refractivity contribution in [3.63, 3.8) is 0 Å². The van der Waals surface area contributed by atoms with Crippen molar-refractivity contribution in [2.75, 3.05) is 39.7 Å². The highest BCUT2D eigenvalue weighted by molar-refractivity contribution is 7.99. The van der Waals surface area contributed by atoms with Gasteiger partial charge in [-0.2, -0.15) is 0 Å². The number of hydrogen-bond acceptors (Lipinski definition) is 4. The zero-order chi connectivity index (χ0) is 21.5. The highest BCUT2D eigenvalue weighted by atomic mass is 32.2. The quantitative estimate of drug-likeness (QED) is 0.540. The molecule has 160 valence electrons. The first-order valence-corrected chi connectivity index (χ1v) is 11.2. The van der Waals surface area contributed by atoms with Crippen molar-refractivity contribution < 1.29 is 14.0 Å². The predicted octanol–water partition coefficient (Wildman–Crippen LogP) is 5.53. The molecule has 0 saturated carbocycles. The molecule has 0 fully saturated rings. The Hall–Kier alpha value is -2.74. The lowest BCUT2D eigenvalue weighted by atomic mass is 10.2. The van der Waals surface area contributed by atoms with Crippen LogP contribution in [-0.2, 0) is 4.79 Å². The van der Waals surface area contributed by atoms with Crippen molar-refractivity contribution in [2.45, 2.75) is 38.0 Å². The summed E-state index contributed by atoms with van der Waals surface area (Å²) < 4.78 is 13.1. The lowest BCUT2D eigenvalue weighted by Crippen LogP contribution is -2.28. The average molecular weight is 431 g/mol. The van der Waals surface area contributed by atoms with Gasteiger partial charge >= 0.3 is 6.03 Å². The van der Waals surface area contributed by atoms with Crippen molar-refractivity contribution in [1.82, 2.24) is 0 Å². The Morgan fingerprint density at radius 2 is 1.83 bits per heavy atom. The molecule has 3 rings (SSSR count). The van der Waals surface area contributed by atoms with Crippen molar-refractivity contribution >= 4 is 46.4 Å². The first kappa shape index (κ1) is 22.0. The second kappa shape index (κ2) is 10.3. The van der Waals surface area contributed by atoms with Gasteiger partial charge in [-0.15, -0.1) is 11.8 Å². The van der Waals surface area contributed by atoms with Crippen molar-refractivity contribution in [3.05, 3.63) is 42.2 Å². The van der Waals surface area contributed by atoms with Gasteiger partial charge in [-0.1, -0.05) is 13.8 Å². The Kier molecular flexibility index (Phi) is 7.57. The average Bonchev–Trinajstić information content (AvgIpc) is 2.89. The number of amides is 3. The maximum Gasteiger partial charge on any atom is 0.323 e. The molecule has 8 heteroatoms. The van der Waals surface area contributed by atoms with E-state index in [-0.39, 0.29) is 11.7 Å². The molecule has 6 nitrogen and oxygen atoms in total. The molecule has 0 radical (unpaired) electrons. The minimum absolute atomic E-state index is 0.0327. The van der Waals surface area contributed by atoms with Crippen LogP contribution in [0.4, 0.5) is 31.9 Å². The molecule has 2 aromatic carbocycles. The standard InChI is InChI=1S/C22H27FN4O2S/c1-3-10-27(11-4-2)19-14-20-18(25-21(28)9-12-30-20)13-17(19)26-22(29)24-16-7-5-15(23)6-8-16/h5-8,13-14H,3-4,9-12H2,1-2H3,(H,25,28)(H2,24,26,29). The Morgan fingerprint density at radius 3 is 2.50 bits per heavy atom. The monoisotopic (exact) mass is 430 g/mol. The molecule has 1 heterocycles. The van der Waals surface area contributed by atoms with Crippen LogP contribution in [0.3, 0.4) is 0 Å². The zero-order valence-electron chi connectivity index (χ0n) is 17.3. The molecular weight excluding hydrogens is 403 g/mol. The number of urea groups is 1. The Balaban J connectivity index is 1.91. The van der Waals surface area contributed by atoms with Crippen molar-refractivity contribution in [1.29, 1.82) is 0 Å². The lowest BCUT2D eigenvalue weighted by molar-refractivity contribution is -0.115. The van der Waals surface area contributed by atoms with Gasteiger partial charge in [-0.05, 0) is 49.2 Å². The summed E-state index contributed by atoms with van der Waals surface area (Å²) in [7, 11) is 0. The summed E-state index contributed by atoms with van der Waals surface area (Å²) in [4.78, 5) is 27.9. The van der Waals surface area contributed by atoms with Crippen LogP contribution in [0.5, 0.6) is 0 Å². The number of carbonyl (C=O) groups excluding carboxylic acids is 2. The third-order valence-corrected chi connectivity index (χ3v) is 5.69. The van der Waals surface area contributed by atoms with Gasteiger partial charge in [-0.25, -0.2) is 9.18 Å². The molecule has 1 aliphatic rings. The fourth-order valence-electron chi connectivity index (χ4n) is 3.32. The van der Waals surface area contributed by atoms with Crippen LogP contribution in [0.1, 0.15) is 33.1 Å². The summed E-state index contributed by atoms with van der Waals surface area (Å²) in [6.45, 7) is 5.96. The Morgan fingerprint density at radius 1 is 1.13 bits per heavy atom. The fourth-order valence-corrected chi connectivity index (χ4v) is 4.29. The molecule has 0 unspecified atom stereocenters. The van der Waals surface area contributed by atoms with E-state index in [1.165, 1.54) is 24.3 Å². The number of anilines is 4. The van der Waals surface area contributed by atoms with Crippen LogP contribution in [0.15, 0.2) is 41.3 Å². The van der Waals surface area contributed by atoms with Crippen molar-refractivity contribution in [3.8, 4) is 0 Å². The Labute approximate surface area is 180 Å². The molecule has 30 heavy (non-hydrogen) atoms. The number of halogens is 1. The Bertz CT molecular complexity index is 899. The van der Waals surface area contributed by atoms with E-state index in [1.54, 1.807) is 11.8 Å². The van der Waals surface area contributed by atoms with Gasteiger partial charge in [0.05, 0.1) is 17.1 Å². The number of carbonyl (C=O) groups is 2. The largest absolute Gasteiger partial charge is 0.370 e. The summed E-state index contributed by atoms with van der Waals surface area (Å²) >= 11 is 1.64. The summed E-state index contributed by atoms with van der Waals surface area (Å²) in [6.07, 6.45) is 2.40. The SMILES string of the molecule is CCCN(CCC)c1cc2c(cc1NC(=O)Nc1ccc(F)cc1)NC(=O)CCS2. The van der Waals surface area contributed by atoms with E-state index in [4.69, 9.17) is 0 Å². The van der Waals surface area contributed by atoms with E-state index in [0.717, 1.165) is 42.3 Å². The number of nitrogens with one attached hydrogen (secondary N) is 3. The molecule has 1 aliphatic heterocycles. The molecule has 0 spiro atoms. The van der Waals surface area contributed by atoms with Gasteiger partial charge in [0.25, 0.3) is 0 Å². The first-order chi connectivity index (χ1) is 14.5. The van der Waals surface area contributed by atoms with Gasteiger partial charge < -0.3 is 20.9 Å². The van der Waals surface area contributed by atoms with Gasteiger partial charge in [0.15, 0.2) is 0 Å². The summed E-state index contributed by atoms with van der Waals surface area (Å²) in [6, 6.07) is 9.03. The molecular formula is C22H27FN4O2S. The van der Waals surface area contributed by atoms with Gasteiger partial charge in [0.1, 0.15) is 5.82 Å². The lowest BCUT2D eigenvalue weighted by Gasteiger charge is -2.28. The highest BCUT2D eigenvalue weighted by Gasteiger charge is 2.20. The number of thioether (sulfide) groups is 1. The molecule has 2 aromatic rings. The van der Waals surface area contributed by atoms with Crippen LogP contribution in [0.25, 0.3) is 0 Å². The smallest absolute Gasteiger partial charge is 0.323 e. The zero-order valence-corrected chi connectivity index (χ0v) is 18.1. The van der Waals surface area contributed by atoms with Crippen LogP contribution < -0.4 is 20.9 Å². The summed E-state index contributed by atoms with van der Waals surface area (Å²) in [5, 5.41) is 8.56. The number of rotatable bonds is 7. The van der Waals surface area contributed by atoms with E-state index >= 15 is 0 Å². The number of benzene rings is 2. The maximum absolute atomic E-state index is 13.1. The molecule has 0 bridgehead atoms. The number of hydrogen-bond donors (Lipinski definition) is 3. The van der Waals surface area contributed by atoms with Gasteiger partial charge in [-0.3, -0.25) is 4.79 Å². The van der Waals surface area contributed by atoms with Gasteiger partial charge in [0.2, 0.25) is 5.91 Å². The molecule has 0 atom stereocenters. The minimum Gasteiger partial charge on any atom is -0.370 e. The molecule has 0 aliphatic carbocycles. The van der Waals surface area contributed by atoms with E-state index in [0.29, 0.717) is 23.5 Å². The molecule has 0 aromatic heterocycles. The third kappa shape index (κ3) is 5.66. The van der Waals surface area contributed by atoms with E-state index < -0.39 is 6.03 Å². The maximum atomic E-state index is 13.1. The third-order valence-electron chi connectivity index (χ3n) is 4.64. The molecule has 0 saturated heterocycles. The molecule has 3 N–H and O–H groups in total. The predicted molar refractivity (Wildman–Crippen MR) is 122 cm³/mol. The first-order valence-electron chi connectivity index (χ1n) is 10.2. The van der Waals surface area contributed by atoms with Crippen LogP contribution in [0, 0.1) is 5.82 Å². The second-order valence-corrected chi connectivity index (χ2v) is 8.22. The summed E-state index contributed by atoms with van der Waals surface area (Å²) in [5.74, 6) is 0.323. The van der Waals surface area contributed by atoms with Crippen LogP contribution in [-0.4, -0.2) is 30.8 Å². The highest BCUT2D eigenvalue weighted by Crippen LogP contribution is 2.39. The van der Waals surface area contributed by atoms with Gasteiger partial charge in [0, 0.05) is 35.8 Å².